The number of amides is 1. The fourth-order valence-electron chi connectivity index (χ4n) is 1.86. The molecule has 4 nitrogen and oxygen atoms in total. The Hall–Kier alpha value is -0.710. The number of hydrogen-bond acceptors (Lipinski definition) is 3. The molecule has 5 heteroatoms. The summed E-state index contributed by atoms with van der Waals surface area (Å²) in [6.07, 6.45) is 8.07. The lowest BCUT2D eigenvalue weighted by molar-refractivity contribution is -0.137. The third kappa shape index (κ3) is 27.6. The van der Waals surface area contributed by atoms with E-state index in [1.54, 1.807) is 0 Å². The summed E-state index contributed by atoms with van der Waals surface area (Å²) in [4.78, 5) is 20.4. The lowest BCUT2D eigenvalue weighted by atomic mass is 10.0. The first kappa shape index (κ1) is 23.6. The number of primary amides is 1. The fourth-order valence-corrected chi connectivity index (χ4v) is 2.02. The molecule has 0 heterocycles. The Bertz CT molecular complexity index is 299. The monoisotopic (exact) mass is 333 g/mol. The van der Waals surface area contributed by atoms with Crippen LogP contribution in [-0.4, -0.2) is 21.7 Å². The normalized spacial score (nSPS) is 11.0. The van der Waals surface area contributed by atoms with E-state index < -0.39 is 5.97 Å². The molecule has 1 amide bonds. The van der Waals surface area contributed by atoms with Crippen molar-refractivity contribution < 1.29 is 14.7 Å². The van der Waals surface area contributed by atoms with Crippen LogP contribution in [0, 0.1) is 5.92 Å². The second kappa shape index (κ2) is 13.9. The van der Waals surface area contributed by atoms with E-state index in [2.05, 4.69) is 40.3 Å². The van der Waals surface area contributed by atoms with E-state index in [0.717, 1.165) is 38.0 Å². The first-order chi connectivity index (χ1) is 10.0. The van der Waals surface area contributed by atoms with Crippen LogP contribution in [0.1, 0.15) is 85.5 Å². The third-order valence-corrected chi connectivity index (χ3v) is 3.36. The Balaban J connectivity index is 0. The predicted molar refractivity (Wildman–Crippen MR) is 96.3 cm³/mol. The van der Waals surface area contributed by atoms with Gasteiger partial charge in [-0.25, -0.2) is 0 Å². The molecule has 0 rings (SSSR count). The van der Waals surface area contributed by atoms with Gasteiger partial charge in [0.2, 0.25) is 5.91 Å². The van der Waals surface area contributed by atoms with Gasteiger partial charge in [0.1, 0.15) is 0 Å². The molecule has 0 saturated heterocycles. The summed E-state index contributed by atoms with van der Waals surface area (Å²) in [7, 11) is 0. The Morgan fingerprint density at radius 1 is 1.05 bits per heavy atom. The molecular weight excluding hydrogens is 298 g/mol. The minimum absolute atomic E-state index is 0.0810. The molecule has 0 bridgehead atoms. The van der Waals surface area contributed by atoms with E-state index in [1.165, 1.54) is 12.8 Å². The maximum absolute atomic E-state index is 10.3. The largest absolute Gasteiger partial charge is 0.481 e. The quantitative estimate of drug-likeness (QED) is 0.387. The van der Waals surface area contributed by atoms with Gasteiger partial charge >= 0.3 is 5.97 Å². The van der Waals surface area contributed by atoms with Gasteiger partial charge in [-0.05, 0) is 25.2 Å². The van der Waals surface area contributed by atoms with Crippen molar-refractivity contribution in [2.24, 2.45) is 11.7 Å². The van der Waals surface area contributed by atoms with E-state index >= 15 is 0 Å². The first-order valence-electron chi connectivity index (χ1n) is 8.27. The number of aliphatic carboxylic acids is 1. The second-order valence-electron chi connectivity index (χ2n) is 6.87. The highest BCUT2D eigenvalue weighted by Crippen LogP contribution is 2.20. The fraction of sp³-hybridized carbons (Fsp3) is 0.882. The van der Waals surface area contributed by atoms with Gasteiger partial charge in [-0.2, -0.15) is 12.6 Å². The van der Waals surface area contributed by atoms with Crippen LogP contribution in [0.4, 0.5) is 0 Å². The van der Waals surface area contributed by atoms with Crippen LogP contribution in [0.2, 0.25) is 0 Å². The summed E-state index contributed by atoms with van der Waals surface area (Å²) in [5, 5.41) is 8.32. The molecule has 0 aromatic heterocycles. The van der Waals surface area contributed by atoms with Crippen molar-refractivity contribution in [1.29, 1.82) is 0 Å². The number of nitrogens with two attached hydrogens (primary N) is 1. The summed E-state index contributed by atoms with van der Waals surface area (Å²) in [6, 6.07) is 0. The highest BCUT2D eigenvalue weighted by Gasteiger charge is 2.10. The number of carbonyl (C=O) groups is 2. The molecule has 3 N–H and O–H groups in total. The lowest BCUT2D eigenvalue weighted by Crippen LogP contribution is -2.12. The summed E-state index contributed by atoms with van der Waals surface area (Å²) in [5.41, 5.74) is 4.98. The highest BCUT2D eigenvalue weighted by atomic mass is 32.1. The van der Waals surface area contributed by atoms with Crippen LogP contribution >= 0.6 is 12.6 Å². The molecule has 0 aromatic rings. The number of hydrogen-bond donors (Lipinski definition) is 3. The number of carboxylic acids is 1. The van der Waals surface area contributed by atoms with Crippen molar-refractivity contribution in [3.05, 3.63) is 0 Å². The Morgan fingerprint density at radius 3 is 2.00 bits per heavy atom. The van der Waals surface area contributed by atoms with Crippen LogP contribution < -0.4 is 5.73 Å². The molecule has 22 heavy (non-hydrogen) atoms. The van der Waals surface area contributed by atoms with Crippen molar-refractivity contribution in [2.75, 3.05) is 0 Å². The molecule has 0 aliphatic heterocycles. The van der Waals surface area contributed by atoms with Gasteiger partial charge < -0.3 is 10.8 Å². The van der Waals surface area contributed by atoms with E-state index in [4.69, 9.17) is 10.8 Å². The van der Waals surface area contributed by atoms with E-state index in [1.807, 2.05) is 0 Å². The molecular formula is C17H35NO3S. The van der Waals surface area contributed by atoms with Crippen LogP contribution in [0.15, 0.2) is 0 Å². The van der Waals surface area contributed by atoms with Crippen LogP contribution in [-0.2, 0) is 9.59 Å². The molecule has 0 unspecified atom stereocenters. The number of rotatable bonds is 11. The van der Waals surface area contributed by atoms with Gasteiger partial charge in [-0.3, -0.25) is 9.59 Å². The maximum Gasteiger partial charge on any atom is 0.303 e. The van der Waals surface area contributed by atoms with Crippen molar-refractivity contribution in [1.82, 2.24) is 0 Å². The zero-order valence-corrected chi connectivity index (χ0v) is 15.6. The number of carboxylic acid groups (broad SMARTS) is 1. The minimum Gasteiger partial charge on any atom is -0.481 e. The maximum atomic E-state index is 10.3. The molecule has 0 aliphatic rings. The van der Waals surface area contributed by atoms with Gasteiger partial charge in [0, 0.05) is 17.6 Å². The Labute approximate surface area is 141 Å². The Morgan fingerprint density at radius 2 is 1.59 bits per heavy atom. The van der Waals surface area contributed by atoms with Crippen LogP contribution in [0.3, 0.4) is 0 Å². The van der Waals surface area contributed by atoms with Crippen LogP contribution in [0.25, 0.3) is 0 Å². The average Bonchev–Trinajstić information content (AvgIpc) is 2.33. The highest BCUT2D eigenvalue weighted by molar-refractivity contribution is 7.81. The first-order valence-corrected chi connectivity index (χ1v) is 8.71. The van der Waals surface area contributed by atoms with Crippen molar-refractivity contribution in [2.45, 2.75) is 90.2 Å². The van der Waals surface area contributed by atoms with Crippen molar-refractivity contribution in [3.8, 4) is 0 Å². The van der Waals surface area contributed by atoms with Gasteiger partial charge in [-0.15, -0.1) is 0 Å². The third-order valence-electron chi connectivity index (χ3n) is 3.13. The van der Waals surface area contributed by atoms with Gasteiger partial charge in [-0.1, -0.05) is 53.4 Å². The molecule has 0 radical (unpaired) electrons. The SMILES string of the molecule is CC(C)(S)CCCCC(N)=O.CC(C)CCCCCC(=O)O. The zero-order chi connectivity index (χ0) is 17.6. The zero-order valence-electron chi connectivity index (χ0n) is 14.7. The summed E-state index contributed by atoms with van der Waals surface area (Å²) < 4.78 is 0.0810. The summed E-state index contributed by atoms with van der Waals surface area (Å²) >= 11 is 4.36. The van der Waals surface area contributed by atoms with Gasteiger partial charge in [0.15, 0.2) is 0 Å². The number of thiol groups is 1. The summed E-state index contributed by atoms with van der Waals surface area (Å²) in [5.74, 6) is -0.128. The molecule has 0 saturated carbocycles. The van der Waals surface area contributed by atoms with Gasteiger partial charge in [0.25, 0.3) is 0 Å². The predicted octanol–water partition coefficient (Wildman–Crippen LogP) is 4.42. The van der Waals surface area contributed by atoms with Crippen LogP contribution in [0.5, 0.6) is 0 Å². The second-order valence-corrected chi connectivity index (χ2v) is 8.08. The molecule has 0 aromatic carbocycles. The lowest BCUT2D eigenvalue weighted by Gasteiger charge is -2.15. The standard InChI is InChI=1S/C9H18O2.C8H17NOS/c1-8(2)6-4-3-5-7-9(10)11;1-8(2,11)6-4-3-5-7(9)10/h8H,3-7H2,1-2H3,(H,10,11);11H,3-6H2,1-2H3,(H2,9,10). The molecule has 0 atom stereocenters. The minimum atomic E-state index is -0.672. The number of unbranched alkanes of at least 4 members (excludes halogenated alkanes) is 3. The van der Waals surface area contributed by atoms with E-state index in [0.29, 0.717) is 12.8 Å². The molecule has 132 valence electrons. The van der Waals surface area contributed by atoms with Crippen molar-refractivity contribution >= 4 is 24.5 Å². The molecule has 0 fully saturated rings. The number of carbonyl (C=O) groups excluding carboxylic acids is 1. The van der Waals surface area contributed by atoms with E-state index in [-0.39, 0.29) is 10.7 Å². The van der Waals surface area contributed by atoms with Crippen molar-refractivity contribution in [3.63, 3.8) is 0 Å². The Kier molecular flexibility index (Phi) is 14.9. The average molecular weight is 334 g/mol. The molecule has 0 aliphatic carbocycles. The smallest absolute Gasteiger partial charge is 0.303 e. The summed E-state index contributed by atoms with van der Waals surface area (Å²) in [6.45, 7) is 8.52. The topological polar surface area (TPSA) is 80.4 Å². The van der Waals surface area contributed by atoms with E-state index in [9.17, 15) is 9.59 Å². The van der Waals surface area contributed by atoms with Gasteiger partial charge in [0.05, 0.1) is 0 Å². The molecule has 0 spiro atoms.